The molecule has 2 heterocycles. The second-order valence-corrected chi connectivity index (χ2v) is 9.02. The highest BCUT2D eigenvalue weighted by molar-refractivity contribution is 6.04. The van der Waals surface area contributed by atoms with Crippen molar-refractivity contribution < 1.29 is 4.84 Å². The van der Waals surface area contributed by atoms with Crippen LogP contribution < -0.4 is 0 Å². The van der Waals surface area contributed by atoms with Crippen LogP contribution in [0.2, 0.25) is 0 Å². The standard InChI is InChI=1S/C26H31BN4O/c1-3-4-23-25(30(2)18-21-7-5-20(17-28)6-8-21)12-10-22-24(29-32-26(22)23)11-9-19-13-15-31(27)16-14-19/h3-8,10,12,19,22,26H,9,11,13-16,18H2,1-2H3/b4-3+. The Morgan fingerprint density at radius 1 is 1.28 bits per heavy atom. The Morgan fingerprint density at radius 2 is 2.03 bits per heavy atom. The molecule has 1 saturated heterocycles. The lowest BCUT2D eigenvalue weighted by Crippen LogP contribution is -2.32. The lowest BCUT2D eigenvalue weighted by Gasteiger charge is -2.31. The normalized spacial score (nSPS) is 23.7. The van der Waals surface area contributed by atoms with Crippen molar-refractivity contribution >= 4 is 13.7 Å². The van der Waals surface area contributed by atoms with Gasteiger partial charge in [0.2, 0.25) is 0 Å². The van der Waals surface area contributed by atoms with Gasteiger partial charge in [-0.1, -0.05) is 35.5 Å². The van der Waals surface area contributed by atoms with E-state index in [1.165, 1.54) is 24.0 Å². The summed E-state index contributed by atoms with van der Waals surface area (Å²) in [5, 5.41) is 13.5. The maximum atomic E-state index is 9.02. The van der Waals surface area contributed by atoms with Crippen molar-refractivity contribution in [2.24, 2.45) is 17.0 Å². The predicted molar refractivity (Wildman–Crippen MR) is 129 cm³/mol. The third kappa shape index (κ3) is 5.00. The number of hydrogen-bond acceptors (Lipinski definition) is 5. The largest absolute Gasteiger partial charge is 0.387 e. The van der Waals surface area contributed by atoms with Crippen LogP contribution in [0.1, 0.15) is 43.7 Å². The van der Waals surface area contributed by atoms with Gasteiger partial charge in [0.05, 0.1) is 23.3 Å². The van der Waals surface area contributed by atoms with Crippen LogP contribution >= 0.6 is 0 Å². The molecule has 2 atom stereocenters. The zero-order valence-electron chi connectivity index (χ0n) is 19.1. The molecule has 0 spiro atoms. The van der Waals surface area contributed by atoms with Gasteiger partial charge in [0.25, 0.3) is 0 Å². The topological polar surface area (TPSA) is 51.9 Å². The van der Waals surface area contributed by atoms with Gasteiger partial charge in [0.1, 0.15) is 0 Å². The summed E-state index contributed by atoms with van der Waals surface area (Å²) in [6, 6.07) is 9.95. The Morgan fingerprint density at radius 3 is 2.72 bits per heavy atom. The fraction of sp³-hybridized carbons (Fsp3) is 0.462. The summed E-state index contributed by atoms with van der Waals surface area (Å²) in [6.45, 7) is 4.78. The summed E-state index contributed by atoms with van der Waals surface area (Å²) >= 11 is 0. The molecule has 0 saturated carbocycles. The first-order valence-electron chi connectivity index (χ1n) is 11.6. The van der Waals surface area contributed by atoms with Crippen LogP contribution in [0, 0.1) is 23.2 Å². The number of nitriles is 1. The van der Waals surface area contributed by atoms with Crippen molar-refractivity contribution in [2.75, 3.05) is 20.1 Å². The van der Waals surface area contributed by atoms with Crippen LogP contribution in [0.15, 0.2) is 65.0 Å². The average Bonchev–Trinajstić information content (AvgIpc) is 3.23. The first-order valence-corrected chi connectivity index (χ1v) is 11.6. The van der Waals surface area contributed by atoms with E-state index in [9.17, 15) is 0 Å². The third-order valence-electron chi connectivity index (χ3n) is 6.78. The smallest absolute Gasteiger partial charge is 0.182 e. The van der Waals surface area contributed by atoms with Gasteiger partial charge in [0, 0.05) is 24.9 Å². The Bertz CT molecular complexity index is 965. The molecule has 6 heteroatoms. The number of rotatable bonds is 7. The molecule has 0 N–H and O–H groups in total. The summed E-state index contributed by atoms with van der Waals surface area (Å²) in [6.07, 6.45) is 13.1. The third-order valence-corrected chi connectivity index (χ3v) is 6.78. The Labute approximate surface area is 193 Å². The van der Waals surface area contributed by atoms with Crippen LogP contribution in [0.4, 0.5) is 0 Å². The quantitative estimate of drug-likeness (QED) is 0.609. The fourth-order valence-corrected chi connectivity index (χ4v) is 4.88. The van der Waals surface area contributed by atoms with Gasteiger partial charge in [-0.3, -0.25) is 0 Å². The molecule has 1 aromatic carbocycles. The molecule has 0 aromatic heterocycles. The van der Waals surface area contributed by atoms with E-state index in [1.807, 2.05) is 36.0 Å². The van der Waals surface area contributed by atoms with Crippen LogP contribution in [0.3, 0.4) is 0 Å². The van der Waals surface area contributed by atoms with Gasteiger partial charge >= 0.3 is 0 Å². The number of oxime groups is 1. The van der Waals surface area contributed by atoms with Gasteiger partial charge in [-0.05, 0) is 75.4 Å². The number of hydrogen-bond donors (Lipinski definition) is 0. The Kier molecular flexibility index (Phi) is 7.17. The van der Waals surface area contributed by atoms with Crippen molar-refractivity contribution in [3.63, 3.8) is 0 Å². The number of allylic oxidation sites excluding steroid dienone is 2. The molecule has 3 aliphatic rings. The van der Waals surface area contributed by atoms with Crippen LogP contribution in [0.25, 0.3) is 0 Å². The molecular weight excluding hydrogens is 395 g/mol. The molecule has 1 aliphatic carbocycles. The molecule has 1 fully saturated rings. The molecule has 2 aliphatic heterocycles. The predicted octanol–water partition coefficient (Wildman–Crippen LogP) is 4.34. The van der Waals surface area contributed by atoms with Crippen molar-refractivity contribution in [1.29, 1.82) is 5.26 Å². The minimum Gasteiger partial charge on any atom is -0.387 e. The fourth-order valence-electron chi connectivity index (χ4n) is 4.88. The molecule has 32 heavy (non-hydrogen) atoms. The highest BCUT2D eigenvalue weighted by Gasteiger charge is 2.38. The van der Waals surface area contributed by atoms with Gasteiger partial charge in [-0.15, -0.1) is 0 Å². The average molecular weight is 426 g/mol. The zero-order chi connectivity index (χ0) is 22.5. The van der Waals surface area contributed by atoms with Crippen LogP contribution in [0.5, 0.6) is 0 Å². The van der Waals surface area contributed by atoms with E-state index in [4.69, 9.17) is 18.1 Å². The zero-order valence-corrected chi connectivity index (χ0v) is 19.1. The highest BCUT2D eigenvalue weighted by Crippen LogP contribution is 2.36. The van der Waals surface area contributed by atoms with E-state index in [0.717, 1.165) is 49.8 Å². The van der Waals surface area contributed by atoms with Gasteiger partial charge in [-0.2, -0.15) is 5.26 Å². The van der Waals surface area contributed by atoms with E-state index in [2.05, 4.69) is 47.5 Å². The molecule has 0 amide bonds. The second kappa shape index (κ2) is 10.2. The summed E-state index contributed by atoms with van der Waals surface area (Å²) < 4.78 is 0. The maximum Gasteiger partial charge on any atom is 0.182 e. The molecule has 0 bridgehead atoms. The van der Waals surface area contributed by atoms with Crippen molar-refractivity contribution in [1.82, 2.24) is 9.71 Å². The summed E-state index contributed by atoms with van der Waals surface area (Å²) in [4.78, 5) is 10.2. The van der Waals surface area contributed by atoms with E-state index in [0.29, 0.717) is 5.56 Å². The number of piperidine rings is 1. The number of benzene rings is 1. The van der Waals surface area contributed by atoms with Crippen LogP contribution in [-0.2, 0) is 11.4 Å². The van der Waals surface area contributed by atoms with Gasteiger partial charge in [-0.25, -0.2) is 0 Å². The van der Waals surface area contributed by atoms with E-state index in [1.54, 1.807) is 0 Å². The van der Waals surface area contributed by atoms with Crippen molar-refractivity contribution in [2.45, 2.75) is 45.3 Å². The minimum atomic E-state index is -0.0597. The molecule has 164 valence electrons. The first kappa shape index (κ1) is 22.4. The molecule has 1 aromatic rings. The SMILES string of the molecule is [B]N1CCC(CCC2=NOC3C(/C=C/C)=C(N(C)Cc4ccc(C#N)cc4)C=CC23)CC1. The van der Waals surface area contributed by atoms with Gasteiger partial charge in [0.15, 0.2) is 14.1 Å². The monoisotopic (exact) mass is 426 g/mol. The number of fused-ring (bicyclic) bond motifs is 1. The van der Waals surface area contributed by atoms with Crippen molar-refractivity contribution in [3.8, 4) is 6.07 Å². The summed E-state index contributed by atoms with van der Waals surface area (Å²) in [5.41, 5.74) is 5.34. The Balaban J connectivity index is 1.43. The summed E-state index contributed by atoms with van der Waals surface area (Å²) in [7, 11) is 8.00. The molecule has 2 radical (unpaired) electrons. The van der Waals surface area contributed by atoms with Crippen molar-refractivity contribution in [3.05, 3.63) is 71.0 Å². The maximum absolute atomic E-state index is 9.02. The molecule has 5 nitrogen and oxygen atoms in total. The summed E-state index contributed by atoms with van der Waals surface area (Å²) in [5.74, 6) is 0.937. The lowest BCUT2D eigenvalue weighted by molar-refractivity contribution is 0.0964. The minimum absolute atomic E-state index is 0.0597. The number of likely N-dealkylation sites (N-methyl/N-ethyl adjacent to an activating group) is 1. The van der Waals surface area contributed by atoms with E-state index >= 15 is 0 Å². The molecule has 4 rings (SSSR count). The second-order valence-electron chi connectivity index (χ2n) is 9.02. The van der Waals surface area contributed by atoms with E-state index < -0.39 is 0 Å². The molecule has 2 unspecified atom stereocenters. The Hall–Kier alpha value is -2.78. The lowest BCUT2D eigenvalue weighted by atomic mass is 9.82. The highest BCUT2D eigenvalue weighted by atomic mass is 16.6. The van der Waals surface area contributed by atoms with Gasteiger partial charge < -0.3 is 14.5 Å². The number of nitrogens with zero attached hydrogens (tertiary/aromatic N) is 4. The van der Waals surface area contributed by atoms with E-state index in [-0.39, 0.29) is 12.0 Å². The first-order chi connectivity index (χ1) is 15.6. The van der Waals surface area contributed by atoms with Crippen LogP contribution in [-0.4, -0.2) is 49.6 Å². The molecular formula is C26H31BN4O.